The van der Waals surface area contributed by atoms with Crippen molar-refractivity contribution in [3.8, 4) is 11.5 Å². The second-order valence-electron chi connectivity index (χ2n) is 2.34. The normalized spacial score (nSPS) is 10.1. The van der Waals surface area contributed by atoms with Gasteiger partial charge in [0.25, 0.3) is 0 Å². The highest BCUT2D eigenvalue weighted by Crippen LogP contribution is 2.18. The van der Waals surface area contributed by atoms with Crippen LogP contribution in [-0.2, 0) is 0 Å². The standard InChI is InChI=1S/C9H6BrNO/c10-7-3-4-8(11-6-7)9-2-1-5-12-9/h1-6H. The Morgan fingerprint density at radius 2 is 2.17 bits per heavy atom. The minimum Gasteiger partial charge on any atom is -0.463 e. The van der Waals surface area contributed by atoms with Crippen LogP contribution < -0.4 is 0 Å². The molecule has 0 aliphatic rings. The van der Waals surface area contributed by atoms with E-state index in [1.807, 2.05) is 24.3 Å². The van der Waals surface area contributed by atoms with Gasteiger partial charge in [-0.05, 0) is 40.2 Å². The Labute approximate surface area is 78.4 Å². The minimum absolute atomic E-state index is 0.794. The molecule has 0 unspecified atom stereocenters. The van der Waals surface area contributed by atoms with Crippen LogP contribution in [0.5, 0.6) is 0 Å². The lowest BCUT2D eigenvalue weighted by Crippen LogP contribution is -1.78. The zero-order valence-corrected chi connectivity index (χ0v) is 7.78. The summed E-state index contributed by atoms with van der Waals surface area (Å²) in [5.74, 6) is 0.794. The van der Waals surface area contributed by atoms with Gasteiger partial charge in [0.1, 0.15) is 5.69 Å². The predicted octanol–water partition coefficient (Wildman–Crippen LogP) is 3.10. The van der Waals surface area contributed by atoms with Crippen molar-refractivity contribution in [1.29, 1.82) is 0 Å². The Kier molecular flexibility index (Phi) is 1.96. The number of rotatable bonds is 1. The van der Waals surface area contributed by atoms with E-state index in [0.717, 1.165) is 15.9 Å². The monoisotopic (exact) mass is 223 g/mol. The van der Waals surface area contributed by atoms with Gasteiger partial charge < -0.3 is 4.42 Å². The van der Waals surface area contributed by atoms with Crippen molar-refractivity contribution in [2.45, 2.75) is 0 Å². The molecule has 0 spiro atoms. The Bertz CT molecular complexity index is 353. The molecule has 3 heteroatoms. The molecule has 0 aliphatic heterocycles. The molecular weight excluding hydrogens is 218 g/mol. The molecule has 0 fully saturated rings. The summed E-state index contributed by atoms with van der Waals surface area (Å²) in [7, 11) is 0. The zero-order valence-electron chi connectivity index (χ0n) is 6.20. The Morgan fingerprint density at radius 3 is 2.75 bits per heavy atom. The number of hydrogen-bond donors (Lipinski definition) is 0. The van der Waals surface area contributed by atoms with E-state index in [1.54, 1.807) is 12.5 Å². The van der Waals surface area contributed by atoms with Crippen molar-refractivity contribution < 1.29 is 4.42 Å². The smallest absolute Gasteiger partial charge is 0.152 e. The van der Waals surface area contributed by atoms with Crippen LogP contribution >= 0.6 is 15.9 Å². The van der Waals surface area contributed by atoms with Gasteiger partial charge in [-0.15, -0.1) is 0 Å². The highest BCUT2D eigenvalue weighted by Gasteiger charge is 1.99. The molecule has 0 saturated carbocycles. The van der Waals surface area contributed by atoms with E-state index in [2.05, 4.69) is 20.9 Å². The van der Waals surface area contributed by atoms with Gasteiger partial charge in [-0.2, -0.15) is 0 Å². The van der Waals surface area contributed by atoms with Crippen LogP contribution in [0.4, 0.5) is 0 Å². The molecule has 0 N–H and O–H groups in total. The van der Waals surface area contributed by atoms with Crippen LogP contribution in [0.15, 0.2) is 45.6 Å². The average molecular weight is 224 g/mol. The van der Waals surface area contributed by atoms with Gasteiger partial charge in [0.2, 0.25) is 0 Å². The van der Waals surface area contributed by atoms with Crippen LogP contribution in [0.1, 0.15) is 0 Å². The van der Waals surface area contributed by atoms with E-state index in [0.29, 0.717) is 0 Å². The second kappa shape index (κ2) is 3.11. The van der Waals surface area contributed by atoms with Crippen LogP contribution in [-0.4, -0.2) is 4.98 Å². The third-order valence-electron chi connectivity index (χ3n) is 1.50. The Hall–Kier alpha value is -1.09. The second-order valence-corrected chi connectivity index (χ2v) is 3.25. The molecule has 2 rings (SSSR count). The fraction of sp³-hybridized carbons (Fsp3) is 0. The molecule has 0 saturated heterocycles. The summed E-state index contributed by atoms with van der Waals surface area (Å²) in [6, 6.07) is 7.57. The van der Waals surface area contributed by atoms with Crippen molar-refractivity contribution in [3.05, 3.63) is 41.2 Å². The maximum atomic E-state index is 5.18. The van der Waals surface area contributed by atoms with Crippen LogP contribution in [0.3, 0.4) is 0 Å². The van der Waals surface area contributed by atoms with Crippen molar-refractivity contribution in [2.24, 2.45) is 0 Å². The first-order chi connectivity index (χ1) is 5.86. The molecule has 0 amide bonds. The van der Waals surface area contributed by atoms with Gasteiger partial charge in [0.15, 0.2) is 5.76 Å². The van der Waals surface area contributed by atoms with Gasteiger partial charge in [-0.3, -0.25) is 4.98 Å². The topological polar surface area (TPSA) is 26.0 Å². The molecule has 60 valence electrons. The number of nitrogens with zero attached hydrogens (tertiary/aromatic N) is 1. The molecule has 0 aliphatic carbocycles. The maximum Gasteiger partial charge on any atom is 0.152 e. The van der Waals surface area contributed by atoms with Crippen molar-refractivity contribution in [1.82, 2.24) is 4.98 Å². The number of furan rings is 1. The Morgan fingerprint density at radius 1 is 1.25 bits per heavy atom. The van der Waals surface area contributed by atoms with E-state index in [4.69, 9.17) is 4.42 Å². The third kappa shape index (κ3) is 1.41. The molecule has 0 bridgehead atoms. The van der Waals surface area contributed by atoms with E-state index in [-0.39, 0.29) is 0 Å². The fourth-order valence-electron chi connectivity index (χ4n) is 0.946. The molecule has 2 aromatic heterocycles. The van der Waals surface area contributed by atoms with Crippen molar-refractivity contribution in [2.75, 3.05) is 0 Å². The summed E-state index contributed by atoms with van der Waals surface area (Å²) in [5.41, 5.74) is 0.850. The summed E-state index contributed by atoms with van der Waals surface area (Å²) >= 11 is 3.32. The molecular formula is C9H6BrNO. The largest absolute Gasteiger partial charge is 0.463 e. The molecule has 0 aromatic carbocycles. The van der Waals surface area contributed by atoms with Gasteiger partial charge >= 0.3 is 0 Å². The van der Waals surface area contributed by atoms with Crippen LogP contribution in [0, 0.1) is 0 Å². The van der Waals surface area contributed by atoms with Crippen molar-refractivity contribution >= 4 is 15.9 Å². The number of halogens is 1. The van der Waals surface area contributed by atoms with Crippen LogP contribution in [0.2, 0.25) is 0 Å². The predicted molar refractivity (Wildman–Crippen MR) is 49.6 cm³/mol. The lowest BCUT2D eigenvalue weighted by Gasteiger charge is -1.94. The molecule has 12 heavy (non-hydrogen) atoms. The first-order valence-corrected chi connectivity index (χ1v) is 4.31. The third-order valence-corrected chi connectivity index (χ3v) is 1.97. The number of pyridine rings is 1. The quantitative estimate of drug-likeness (QED) is 0.743. The maximum absolute atomic E-state index is 5.18. The van der Waals surface area contributed by atoms with Crippen molar-refractivity contribution in [3.63, 3.8) is 0 Å². The van der Waals surface area contributed by atoms with Gasteiger partial charge in [-0.1, -0.05) is 0 Å². The molecule has 2 heterocycles. The molecule has 2 aromatic rings. The first kappa shape index (κ1) is 7.55. The lowest BCUT2D eigenvalue weighted by molar-refractivity contribution is 0.580. The van der Waals surface area contributed by atoms with Crippen LogP contribution in [0.25, 0.3) is 11.5 Å². The van der Waals surface area contributed by atoms with Gasteiger partial charge in [0.05, 0.1) is 6.26 Å². The number of hydrogen-bond acceptors (Lipinski definition) is 2. The fourth-order valence-corrected chi connectivity index (χ4v) is 1.18. The van der Waals surface area contributed by atoms with E-state index >= 15 is 0 Å². The summed E-state index contributed by atoms with van der Waals surface area (Å²) in [5, 5.41) is 0. The first-order valence-electron chi connectivity index (χ1n) is 3.52. The molecule has 0 atom stereocenters. The summed E-state index contributed by atoms with van der Waals surface area (Å²) in [4.78, 5) is 4.18. The van der Waals surface area contributed by atoms with E-state index < -0.39 is 0 Å². The highest BCUT2D eigenvalue weighted by atomic mass is 79.9. The zero-order chi connectivity index (χ0) is 8.39. The SMILES string of the molecule is Brc1ccc(-c2ccco2)nc1. The summed E-state index contributed by atoms with van der Waals surface area (Å²) < 4.78 is 6.15. The average Bonchev–Trinajstić information content (AvgIpc) is 2.58. The van der Waals surface area contributed by atoms with E-state index in [1.165, 1.54) is 0 Å². The summed E-state index contributed by atoms with van der Waals surface area (Å²) in [6.45, 7) is 0. The summed E-state index contributed by atoms with van der Waals surface area (Å²) in [6.07, 6.45) is 3.39. The Balaban J connectivity index is 2.43. The number of aromatic nitrogens is 1. The lowest BCUT2D eigenvalue weighted by atomic mass is 10.3. The molecule has 2 nitrogen and oxygen atoms in total. The van der Waals surface area contributed by atoms with Gasteiger partial charge in [-0.25, -0.2) is 0 Å². The van der Waals surface area contributed by atoms with Gasteiger partial charge in [0, 0.05) is 10.7 Å². The molecule has 0 radical (unpaired) electrons. The minimum atomic E-state index is 0.794. The van der Waals surface area contributed by atoms with E-state index in [9.17, 15) is 0 Å². The highest BCUT2D eigenvalue weighted by molar-refractivity contribution is 9.10.